The van der Waals surface area contributed by atoms with Gasteiger partial charge < -0.3 is 9.64 Å². The van der Waals surface area contributed by atoms with E-state index in [-0.39, 0.29) is 11.7 Å². The van der Waals surface area contributed by atoms with Gasteiger partial charge in [-0.3, -0.25) is 0 Å². The lowest BCUT2D eigenvalue weighted by atomic mass is 10.0. The minimum Gasteiger partial charge on any atom is -0.369 e. The van der Waals surface area contributed by atoms with Crippen molar-refractivity contribution in [2.24, 2.45) is 0 Å². The number of ether oxygens (including phenoxy) is 1. The molecule has 0 bridgehead atoms. The van der Waals surface area contributed by atoms with Gasteiger partial charge in [-0.1, -0.05) is 22.0 Å². The van der Waals surface area contributed by atoms with Gasteiger partial charge in [-0.15, -0.1) is 0 Å². The highest BCUT2D eigenvalue weighted by Crippen LogP contribution is 2.32. The molecule has 1 aliphatic rings. The average Bonchev–Trinajstić information content (AvgIpc) is 2.25. The molecule has 0 aliphatic carbocycles. The van der Waals surface area contributed by atoms with Crippen LogP contribution in [-0.2, 0) is 10.1 Å². The third-order valence-corrected chi connectivity index (χ3v) is 4.36. The number of rotatable bonds is 2. The first kappa shape index (κ1) is 14.4. The molecule has 18 heavy (non-hydrogen) atoms. The molecule has 2 rings (SSSR count). The zero-order valence-electron chi connectivity index (χ0n) is 11.0. The van der Waals surface area contributed by atoms with E-state index >= 15 is 0 Å². The highest BCUT2D eigenvalue weighted by molar-refractivity contribution is 9.10. The Labute approximate surface area is 126 Å². The fourth-order valence-electron chi connectivity index (χ4n) is 2.53. The van der Waals surface area contributed by atoms with Crippen LogP contribution in [0.25, 0.3) is 0 Å². The maximum Gasteiger partial charge on any atom is 0.0805 e. The summed E-state index contributed by atoms with van der Waals surface area (Å²) in [6, 6.07) is 6.54. The average molecular weight is 377 g/mol. The fraction of sp³-hybridized carbons (Fsp3) is 0.571. The normalized spacial score (nSPS) is 23.2. The maximum atomic E-state index is 5.95. The molecule has 1 saturated heterocycles. The molecule has 1 aromatic rings. The van der Waals surface area contributed by atoms with Crippen LogP contribution in [0.1, 0.15) is 26.3 Å². The van der Waals surface area contributed by atoms with Gasteiger partial charge in [0.15, 0.2) is 0 Å². The van der Waals surface area contributed by atoms with Crippen molar-refractivity contribution in [3.8, 4) is 0 Å². The van der Waals surface area contributed by atoms with Crippen molar-refractivity contribution in [2.45, 2.75) is 37.8 Å². The van der Waals surface area contributed by atoms with Gasteiger partial charge >= 0.3 is 0 Å². The smallest absolute Gasteiger partial charge is 0.0805 e. The molecular weight excluding hydrogens is 358 g/mol. The van der Waals surface area contributed by atoms with Crippen LogP contribution in [0, 0.1) is 0 Å². The molecular formula is C14H19Br2NO. The summed E-state index contributed by atoms with van der Waals surface area (Å²) in [4.78, 5) is 2.40. The van der Waals surface area contributed by atoms with E-state index in [0.717, 1.165) is 22.9 Å². The van der Waals surface area contributed by atoms with Gasteiger partial charge in [0, 0.05) is 22.9 Å². The first-order valence-electron chi connectivity index (χ1n) is 6.18. The lowest BCUT2D eigenvalue weighted by Gasteiger charge is -2.43. The Hall–Kier alpha value is -0.0600. The lowest BCUT2D eigenvalue weighted by Crippen LogP contribution is -2.52. The van der Waals surface area contributed by atoms with Crippen LogP contribution >= 0.6 is 31.9 Å². The fourth-order valence-corrected chi connectivity index (χ4v) is 3.55. The van der Waals surface area contributed by atoms with Gasteiger partial charge in [0.05, 0.1) is 17.4 Å². The van der Waals surface area contributed by atoms with Gasteiger partial charge in [-0.25, -0.2) is 0 Å². The summed E-state index contributed by atoms with van der Waals surface area (Å²) in [6.45, 7) is 8.29. The quantitative estimate of drug-likeness (QED) is 0.711. The van der Waals surface area contributed by atoms with E-state index in [9.17, 15) is 0 Å². The number of hydrogen-bond donors (Lipinski definition) is 0. The predicted octanol–water partition coefficient (Wildman–Crippen LogP) is 4.35. The molecule has 0 amide bonds. The first-order valence-corrected chi connectivity index (χ1v) is 8.10. The number of benzene rings is 1. The number of anilines is 1. The van der Waals surface area contributed by atoms with Crippen LogP contribution < -0.4 is 4.90 Å². The van der Waals surface area contributed by atoms with Crippen molar-refractivity contribution >= 4 is 37.5 Å². The van der Waals surface area contributed by atoms with E-state index in [1.165, 1.54) is 11.3 Å². The van der Waals surface area contributed by atoms with Crippen molar-refractivity contribution < 1.29 is 4.74 Å². The highest BCUT2D eigenvalue weighted by atomic mass is 79.9. The summed E-state index contributed by atoms with van der Waals surface area (Å²) in [5.41, 5.74) is 2.44. The third kappa shape index (κ3) is 3.28. The molecule has 1 heterocycles. The van der Waals surface area contributed by atoms with E-state index in [0.29, 0.717) is 0 Å². The van der Waals surface area contributed by atoms with Gasteiger partial charge in [0.25, 0.3) is 0 Å². The molecule has 2 nitrogen and oxygen atoms in total. The highest BCUT2D eigenvalue weighted by Gasteiger charge is 2.31. The summed E-state index contributed by atoms with van der Waals surface area (Å²) >= 11 is 7.16. The number of halogens is 2. The second kappa shape index (κ2) is 5.51. The Morgan fingerprint density at radius 3 is 2.72 bits per heavy atom. The van der Waals surface area contributed by atoms with Crippen LogP contribution in [-0.4, -0.2) is 24.8 Å². The zero-order chi connectivity index (χ0) is 13.3. The van der Waals surface area contributed by atoms with Crippen molar-refractivity contribution in [2.75, 3.05) is 18.0 Å². The molecule has 0 aromatic heterocycles. The molecule has 1 aliphatic heterocycles. The molecule has 0 saturated carbocycles. The minimum absolute atomic E-state index is 0.0921. The topological polar surface area (TPSA) is 12.5 Å². The van der Waals surface area contributed by atoms with Crippen LogP contribution in [0.3, 0.4) is 0 Å². The Kier molecular flexibility index (Phi) is 4.40. The molecule has 4 heteroatoms. The third-order valence-electron chi connectivity index (χ3n) is 3.08. The molecule has 0 spiro atoms. The van der Waals surface area contributed by atoms with Crippen LogP contribution in [0.2, 0.25) is 0 Å². The van der Waals surface area contributed by atoms with E-state index in [1.807, 2.05) is 0 Å². The summed E-state index contributed by atoms with van der Waals surface area (Å²) in [6.07, 6.45) is 0.261. The standard InChI is InChI=1S/C14H19Br2NO/c1-10-8-17(9-14(2,3)18-10)13-5-4-11(7-15)6-12(13)16/h4-6,10H,7-9H2,1-3H3. The lowest BCUT2D eigenvalue weighted by molar-refractivity contribution is -0.0750. The number of alkyl halides is 1. The summed E-state index contributed by atoms with van der Waals surface area (Å²) < 4.78 is 7.10. The summed E-state index contributed by atoms with van der Waals surface area (Å²) in [5, 5.41) is 0.886. The molecule has 1 atom stereocenters. The van der Waals surface area contributed by atoms with Gasteiger partial charge in [-0.05, 0) is 54.4 Å². The zero-order valence-corrected chi connectivity index (χ0v) is 14.2. The molecule has 1 unspecified atom stereocenters. The second-order valence-corrected chi connectivity index (χ2v) is 6.90. The molecule has 1 aromatic carbocycles. The van der Waals surface area contributed by atoms with Gasteiger partial charge in [0.1, 0.15) is 0 Å². The Balaban J connectivity index is 2.25. The predicted molar refractivity (Wildman–Crippen MR) is 83.6 cm³/mol. The van der Waals surface area contributed by atoms with Crippen molar-refractivity contribution in [3.63, 3.8) is 0 Å². The maximum absolute atomic E-state index is 5.95. The monoisotopic (exact) mass is 375 g/mol. The molecule has 0 N–H and O–H groups in total. The summed E-state index contributed by atoms with van der Waals surface area (Å²) in [5.74, 6) is 0. The number of morpholine rings is 1. The van der Waals surface area contributed by atoms with E-state index in [4.69, 9.17) is 4.74 Å². The molecule has 0 radical (unpaired) electrons. The first-order chi connectivity index (χ1) is 8.41. The largest absolute Gasteiger partial charge is 0.369 e. The minimum atomic E-state index is -0.0921. The van der Waals surface area contributed by atoms with Gasteiger partial charge in [0.2, 0.25) is 0 Å². The number of hydrogen-bond acceptors (Lipinski definition) is 2. The van der Waals surface area contributed by atoms with Gasteiger partial charge in [-0.2, -0.15) is 0 Å². The Morgan fingerprint density at radius 1 is 1.44 bits per heavy atom. The summed E-state index contributed by atoms with van der Waals surface area (Å²) in [7, 11) is 0. The number of nitrogens with zero attached hydrogens (tertiary/aromatic N) is 1. The van der Waals surface area contributed by atoms with Crippen molar-refractivity contribution in [1.29, 1.82) is 0 Å². The van der Waals surface area contributed by atoms with Crippen LogP contribution in [0.5, 0.6) is 0 Å². The Bertz CT molecular complexity index is 434. The van der Waals surface area contributed by atoms with Crippen LogP contribution in [0.4, 0.5) is 5.69 Å². The SMILES string of the molecule is CC1CN(c2ccc(CBr)cc2Br)CC(C)(C)O1. The van der Waals surface area contributed by atoms with Crippen molar-refractivity contribution in [1.82, 2.24) is 0 Å². The van der Waals surface area contributed by atoms with Crippen LogP contribution in [0.15, 0.2) is 22.7 Å². The van der Waals surface area contributed by atoms with E-state index < -0.39 is 0 Å². The van der Waals surface area contributed by atoms with E-state index in [1.54, 1.807) is 0 Å². The molecule has 100 valence electrons. The Morgan fingerprint density at radius 2 is 2.17 bits per heavy atom. The molecule has 1 fully saturated rings. The van der Waals surface area contributed by atoms with E-state index in [2.05, 4.69) is 75.7 Å². The van der Waals surface area contributed by atoms with Crippen molar-refractivity contribution in [3.05, 3.63) is 28.2 Å². The second-order valence-electron chi connectivity index (χ2n) is 5.49.